The van der Waals surface area contributed by atoms with E-state index in [1.807, 2.05) is 0 Å². The molecule has 0 aromatic carbocycles. The van der Waals surface area contributed by atoms with Crippen LogP contribution in [-0.4, -0.2) is 31.7 Å². The van der Waals surface area contributed by atoms with E-state index >= 15 is 0 Å². The maximum absolute atomic E-state index is 11.6. The Morgan fingerprint density at radius 1 is 1.38 bits per heavy atom. The number of methoxy groups -OCH3 is 1. The second-order valence-electron chi connectivity index (χ2n) is 4.80. The highest BCUT2D eigenvalue weighted by Crippen LogP contribution is 2.28. The number of hydrogen-bond acceptors (Lipinski definition) is 3. The predicted octanol–water partition coefficient (Wildman–Crippen LogP) is 1.19. The van der Waals surface area contributed by atoms with Crippen molar-refractivity contribution < 1.29 is 9.53 Å². The Hall–Kier alpha value is -0.610. The van der Waals surface area contributed by atoms with Gasteiger partial charge in [0, 0.05) is 32.2 Å². The van der Waals surface area contributed by atoms with E-state index in [1.54, 1.807) is 7.11 Å². The van der Waals surface area contributed by atoms with Crippen LogP contribution in [0.5, 0.6) is 0 Å². The van der Waals surface area contributed by atoms with Crippen LogP contribution < -0.4 is 11.1 Å². The third-order valence-corrected chi connectivity index (χ3v) is 3.21. The van der Waals surface area contributed by atoms with Crippen molar-refractivity contribution in [2.45, 2.75) is 50.5 Å². The number of nitrogens with one attached hydrogen (secondary N) is 1. The average Bonchev–Trinajstić information content (AvgIpc) is 2.25. The highest BCUT2D eigenvalue weighted by Gasteiger charge is 2.29. The van der Waals surface area contributed by atoms with E-state index in [2.05, 4.69) is 5.32 Å². The summed E-state index contributed by atoms with van der Waals surface area (Å²) in [5.74, 6) is 0.0838. The molecule has 0 aromatic heterocycles. The number of carbonyl (C=O) groups excluding carboxylic acids is 1. The van der Waals surface area contributed by atoms with Crippen molar-refractivity contribution in [2.24, 2.45) is 5.73 Å². The van der Waals surface area contributed by atoms with E-state index in [0.29, 0.717) is 19.6 Å². The Morgan fingerprint density at radius 3 is 2.69 bits per heavy atom. The smallest absolute Gasteiger partial charge is 0.221 e. The van der Waals surface area contributed by atoms with Crippen LogP contribution in [0.4, 0.5) is 0 Å². The van der Waals surface area contributed by atoms with Crippen molar-refractivity contribution in [3.05, 3.63) is 0 Å². The molecule has 0 bridgehead atoms. The number of nitrogens with two attached hydrogens (primary N) is 1. The van der Waals surface area contributed by atoms with Crippen LogP contribution >= 0.6 is 0 Å². The van der Waals surface area contributed by atoms with Crippen LogP contribution in [0.25, 0.3) is 0 Å². The Morgan fingerprint density at radius 2 is 2.06 bits per heavy atom. The Labute approximate surface area is 97.9 Å². The lowest BCUT2D eigenvalue weighted by atomic mass is 9.80. The summed E-state index contributed by atoms with van der Waals surface area (Å²) in [6.07, 6.45) is 6.88. The highest BCUT2D eigenvalue weighted by molar-refractivity contribution is 5.77. The minimum atomic E-state index is -0.246. The first-order valence-corrected chi connectivity index (χ1v) is 6.21. The van der Waals surface area contributed by atoms with E-state index in [4.69, 9.17) is 10.5 Å². The van der Waals surface area contributed by atoms with Crippen molar-refractivity contribution in [1.82, 2.24) is 5.32 Å². The van der Waals surface area contributed by atoms with Crippen molar-refractivity contribution in [3.63, 3.8) is 0 Å². The molecule has 1 fully saturated rings. The molecule has 1 aliphatic rings. The molecule has 4 heteroatoms. The van der Waals surface area contributed by atoms with Gasteiger partial charge < -0.3 is 15.8 Å². The van der Waals surface area contributed by atoms with Crippen LogP contribution in [-0.2, 0) is 9.53 Å². The third-order valence-electron chi connectivity index (χ3n) is 3.21. The van der Waals surface area contributed by atoms with Gasteiger partial charge in [-0.1, -0.05) is 19.3 Å². The van der Waals surface area contributed by atoms with E-state index in [9.17, 15) is 4.79 Å². The predicted molar refractivity (Wildman–Crippen MR) is 64.1 cm³/mol. The first-order chi connectivity index (χ1) is 7.66. The zero-order valence-electron chi connectivity index (χ0n) is 10.3. The van der Waals surface area contributed by atoms with Gasteiger partial charge in [0.2, 0.25) is 5.91 Å². The minimum absolute atomic E-state index is 0.0838. The van der Waals surface area contributed by atoms with Crippen LogP contribution in [0.1, 0.15) is 44.9 Å². The quantitative estimate of drug-likeness (QED) is 0.671. The molecule has 0 unspecified atom stereocenters. The minimum Gasteiger partial charge on any atom is -0.385 e. The van der Waals surface area contributed by atoms with Crippen molar-refractivity contribution in [1.29, 1.82) is 0 Å². The topological polar surface area (TPSA) is 64.3 Å². The Balaban J connectivity index is 2.17. The molecule has 3 N–H and O–H groups in total. The van der Waals surface area contributed by atoms with Crippen LogP contribution in [0.2, 0.25) is 0 Å². The van der Waals surface area contributed by atoms with Crippen molar-refractivity contribution >= 4 is 5.91 Å². The third kappa shape index (κ3) is 4.94. The number of rotatable bonds is 6. The first kappa shape index (κ1) is 13.5. The standard InChI is InChI=1S/C12H24N2O2/c1-16-9-5-8-14-11(15)10-12(13)6-3-2-4-7-12/h2-10,13H2,1H3,(H,14,15). The lowest BCUT2D eigenvalue weighted by molar-refractivity contribution is -0.122. The summed E-state index contributed by atoms with van der Waals surface area (Å²) in [7, 11) is 1.67. The molecular formula is C12H24N2O2. The SMILES string of the molecule is COCCCNC(=O)CC1(N)CCCCC1. The van der Waals surface area contributed by atoms with Gasteiger partial charge in [-0.25, -0.2) is 0 Å². The highest BCUT2D eigenvalue weighted by atomic mass is 16.5. The second-order valence-corrected chi connectivity index (χ2v) is 4.80. The zero-order valence-corrected chi connectivity index (χ0v) is 10.3. The number of ether oxygens (including phenoxy) is 1. The summed E-state index contributed by atoms with van der Waals surface area (Å²) < 4.78 is 4.92. The number of carbonyl (C=O) groups is 1. The molecule has 0 spiro atoms. The fraction of sp³-hybridized carbons (Fsp3) is 0.917. The van der Waals surface area contributed by atoms with Gasteiger partial charge in [-0.3, -0.25) is 4.79 Å². The Kier molecular flexibility index (Phi) is 5.77. The molecule has 16 heavy (non-hydrogen) atoms. The summed E-state index contributed by atoms with van der Waals surface area (Å²) >= 11 is 0. The molecule has 1 saturated carbocycles. The van der Waals surface area contributed by atoms with Gasteiger partial charge in [-0.05, 0) is 19.3 Å². The number of amides is 1. The molecule has 0 radical (unpaired) electrons. The summed E-state index contributed by atoms with van der Waals surface area (Å²) in [4.78, 5) is 11.6. The van der Waals surface area contributed by atoms with Crippen LogP contribution in [0, 0.1) is 0 Å². The van der Waals surface area contributed by atoms with Crippen molar-refractivity contribution in [2.75, 3.05) is 20.3 Å². The van der Waals surface area contributed by atoms with Gasteiger partial charge in [0.25, 0.3) is 0 Å². The molecule has 0 aromatic rings. The summed E-state index contributed by atoms with van der Waals surface area (Å²) in [5.41, 5.74) is 5.96. The fourth-order valence-corrected chi connectivity index (χ4v) is 2.26. The molecule has 0 atom stereocenters. The van der Waals surface area contributed by atoms with Crippen molar-refractivity contribution in [3.8, 4) is 0 Å². The molecule has 4 nitrogen and oxygen atoms in total. The van der Waals surface area contributed by atoms with Crippen LogP contribution in [0.3, 0.4) is 0 Å². The zero-order chi connectivity index (χ0) is 11.9. The number of hydrogen-bond donors (Lipinski definition) is 2. The van der Waals surface area contributed by atoms with Gasteiger partial charge in [0.05, 0.1) is 0 Å². The fourth-order valence-electron chi connectivity index (χ4n) is 2.26. The van der Waals surface area contributed by atoms with E-state index in [0.717, 1.165) is 32.1 Å². The molecule has 0 heterocycles. The lowest BCUT2D eigenvalue weighted by Gasteiger charge is -2.32. The van der Waals surface area contributed by atoms with Crippen LogP contribution in [0.15, 0.2) is 0 Å². The monoisotopic (exact) mass is 228 g/mol. The van der Waals surface area contributed by atoms with E-state index in [1.165, 1.54) is 6.42 Å². The van der Waals surface area contributed by atoms with Gasteiger partial charge in [0.1, 0.15) is 0 Å². The molecule has 1 aliphatic carbocycles. The summed E-state index contributed by atoms with van der Waals surface area (Å²) in [6, 6.07) is 0. The Bertz CT molecular complexity index is 213. The molecular weight excluding hydrogens is 204 g/mol. The maximum atomic E-state index is 11.6. The summed E-state index contributed by atoms with van der Waals surface area (Å²) in [5, 5.41) is 2.89. The molecule has 94 valence electrons. The lowest BCUT2D eigenvalue weighted by Crippen LogP contribution is -2.46. The van der Waals surface area contributed by atoms with Gasteiger partial charge in [0.15, 0.2) is 0 Å². The molecule has 0 aliphatic heterocycles. The van der Waals surface area contributed by atoms with E-state index in [-0.39, 0.29) is 11.4 Å². The first-order valence-electron chi connectivity index (χ1n) is 6.21. The second kappa shape index (κ2) is 6.86. The van der Waals surface area contributed by atoms with E-state index < -0.39 is 0 Å². The average molecular weight is 228 g/mol. The molecule has 1 rings (SSSR count). The molecule has 1 amide bonds. The molecule has 0 saturated heterocycles. The van der Waals surface area contributed by atoms with Gasteiger partial charge in [-0.15, -0.1) is 0 Å². The normalized spacial score (nSPS) is 19.4. The maximum Gasteiger partial charge on any atom is 0.221 e. The summed E-state index contributed by atoms with van der Waals surface area (Å²) in [6.45, 7) is 1.37. The largest absolute Gasteiger partial charge is 0.385 e. The van der Waals surface area contributed by atoms with Gasteiger partial charge >= 0.3 is 0 Å². The van der Waals surface area contributed by atoms with Gasteiger partial charge in [-0.2, -0.15) is 0 Å².